The third kappa shape index (κ3) is 5.26. The molecule has 0 heterocycles. The number of aliphatic hydroxyl groups is 1. The van der Waals surface area contributed by atoms with Gasteiger partial charge in [-0.25, -0.2) is 10.9 Å². The predicted molar refractivity (Wildman–Crippen MR) is 98.7 cm³/mol. The molecule has 0 saturated carbocycles. The first kappa shape index (κ1) is 18.8. The number of phenols is 1. The van der Waals surface area contributed by atoms with Gasteiger partial charge in [-0.2, -0.15) is 10.2 Å². The number of phenolic OH excluding ortho intramolecular Hbond substituents is 1. The molecule has 0 aromatic heterocycles. The van der Waals surface area contributed by atoms with Gasteiger partial charge in [-0.15, -0.1) is 0 Å². The van der Waals surface area contributed by atoms with Crippen molar-refractivity contribution in [1.29, 1.82) is 5.41 Å². The van der Waals surface area contributed by atoms with E-state index < -0.39 is 0 Å². The number of aromatic hydroxyl groups is 1. The van der Waals surface area contributed by atoms with E-state index in [4.69, 9.17) is 14.9 Å². The second-order valence-corrected chi connectivity index (χ2v) is 5.31. The molecule has 26 heavy (non-hydrogen) atoms. The lowest BCUT2D eigenvalue weighted by Crippen LogP contribution is -2.29. The van der Waals surface area contributed by atoms with Gasteiger partial charge in [0.05, 0.1) is 20.4 Å². The van der Waals surface area contributed by atoms with Crippen molar-refractivity contribution in [3.63, 3.8) is 0 Å². The van der Waals surface area contributed by atoms with Crippen LogP contribution in [0, 0.1) is 11.3 Å². The molecule has 9 nitrogen and oxygen atoms in total. The highest BCUT2D eigenvalue weighted by molar-refractivity contribution is 5.83. The molecule has 1 aromatic rings. The molecular formula is C17H21N5O4. The van der Waals surface area contributed by atoms with Crippen molar-refractivity contribution in [3.8, 4) is 11.5 Å². The molecule has 1 atom stereocenters. The average Bonchev–Trinajstić information content (AvgIpc) is 2.64. The summed E-state index contributed by atoms with van der Waals surface area (Å²) in [6.45, 7) is 0. The van der Waals surface area contributed by atoms with E-state index in [1.54, 1.807) is 30.5 Å². The number of ether oxygens (including phenoxy) is 2. The highest BCUT2D eigenvalue weighted by atomic mass is 16.5. The molecule has 5 N–H and O–H groups in total. The lowest BCUT2D eigenvalue weighted by molar-refractivity contribution is 0.240. The number of hydrogen-bond donors (Lipinski definition) is 5. The van der Waals surface area contributed by atoms with Crippen LogP contribution in [0.2, 0.25) is 0 Å². The third-order valence-electron chi connectivity index (χ3n) is 3.49. The largest absolute Gasteiger partial charge is 0.504 e. The predicted octanol–water partition coefficient (Wildman–Crippen LogP) is 1.83. The van der Waals surface area contributed by atoms with Crippen molar-refractivity contribution in [3.05, 3.63) is 47.4 Å². The topological polar surface area (TPSA) is 132 Å². The molecule has 0 saturated heterocycles. The van der Waals surface area contributed by atoms with Gasteiger partial charge in [0, 0.05) is 18.6 Å². The van der Waals surface area contributed by atoms with Gasteiger partial charge < -0.3 is 19.7 Å². The Bertz CT molecular complexity index is 770. The first-order valence-electron chi connectivity index (χ1n) is 7.71. The van der Waals surface area contributed by atoms with Gasteiger partial charge in [-0.3, -0.25) is 5.41 Å². The van der Waals surface area contributed by atoms with Gasteiger partial charge >= 0.3 is 0 Å². The molecule has 0 amide bonds. The number of nitrogens with zero attached hydrogens (tertiary/aromatic N) is 2. The van der Waals surface area contributed by atoms with E-state index in [-0.39, 0.29) is 23.4 Å². The van der Waals surface area contributed by atoms with Crippen molar-refractivity contribution in [2.75, 3.05) is 14.2 Å². The number of rotatable bonds is 6. The van der Waals surface area contributed by atoms with Gasteiger partial charge in [0.15, 0.2) is 17.3 Å². The maximum atomic E-state index is 9.57. The van der Waals surface area contributed by atoms with Crippen molar-refractivity contribution < 1.29 is 19.7 Å². The quantitative estimate of drug-likeness (QED) is 0.299. The maximum Gasteiger partial charge on any atom is 0.230 e. The Morgan fingerprint density at radius 2 is 2.00 bits per heavy atom. The normalized spacial score (nSPS) is 16.9. The Balaban J connectivity index is 1.80. The summed E-state index contributed by atoms with van der Waals surface area (Å²) in [6, 6.07) is 4.76. The van der Waals surface area contributed by atoms with Crippen molar-refractivity contribution in [2.45, 2.75) is 6.42 Å². The summed E-state index contributed by atoms with van der Waals surface area (Å²) < 4.78 is 10.1. The van der Waals surface area contributed by atoms with Crippen molar-refractivity contribution in [1.82, 2.24) is 10.9 Å². The molecule has 9 heteroatoms. The zero-order chi connectivity index (χ0) is 18.9. The molecule has 1 aliphatic rings. The van der Waals surface area contributed by atoms with Crippen LogP contribution in [0.3, 0.4) is 0 Å². The highest BCUT2D eigenvalue weighted by Crippen LogP contribution is 2.25. The minimum Gasteiger partial charge on any atom is -0.504 e. The summed E-state index contributed by atoms with van der Waals surface area (Å²) in [7, 11) is 2.96. The van der Waals surface area contributed by atoms with Crippen LogP contribution in [0.5, 0.6) is 11.5 Å². The minimum absolute atomic E-state index is 0.0397. The van der Waals surface area contributed by atoms with E-state index in [9.17, 15) is 10.2 Å². The summed E-state index contributed by atoms with van der Waals surface area (Å²) in [4.78, 5) is 0. The number of guanidine groups is 1. The van der Waals surface area contributed by atoms with E-state index in [1.807, 2.05) is 0 Å². The van der Waals surface area contributed by atoms with Crippen molar-refractivity contribution >= 4 is 18.4 Å². The molecule has 0 spiro atoms. The van der Waals surface area contributed by atoms with Crippen LogP contribution in [-0.4, -0.2) is 42.8 Å². The number of aliphatic hydroxyl groups excluding tert-OH is 1. The molecule has 138 valence electrons. The fraction of sp³-hybridized carbons (Fsp3) is 0.235. The molecule has 0 bridgehead atoms. The van der Waals surface area contributed by atoms with Gasteiger partial charge in [-0.05, 0) is 29.8 Å². The van der Waals surface area contributed by atoms with Crippen LogP contribution in [0.1, 0.15) is 12.0 Å². The molecule has 0 aliphatic heterocycles. The van der Waals surface area contributed by atoms with Gasteiger partial charge in [0.1, 0.15) is 5.76 Å². The fourth-order valence-electron chi connectivity index (χ4n) is 2.15. The van der Waals surface area contributed by atoms with Crippen LogP contribution >= 0.6 is 0 Å². The lowest BCUT2D eigenvalue weighted by Gasteiger charge is -2.15. The zero-order valence-corrected chi connectivity index (χ0v) is 14.4. The molecule has 2 rings (SSSR count). The van der Waals surface area contributed by atoms with Crippen molar-refractivity contribution in [2.24, 2.45) is 16.1 Å². The second kappa shape index (κ2) is 9.11. The van der Waals surface area contributed by atoms with Crippen LogP contribution in [0.25, 0.3) is 0 Å². The molecule has 0 radical (unpaired) electrons. The first-order valence-corrected chi connectivity index (χ1v) is 7.71. The van der Waals surface area contributed by atoms with E-state index in [1.165, 1.54) is 26.5 Å². The smallest absolute Gasteiger partial charge is 0.230 e. The SMILES string of the molecule is COC1=C(O)C=CC(/C=N/NC(=N)N/N=C/c2ccc(O)c(OC)c2)C1. The Hall–Kier alpha value is -3.49. The summed E-state index contributed by atoms with van der Waals surface area (Å²) in [6.07, 6.45) is 6.91. The number of nitrogens with one attached hydrogen (secondary N) is 3. The Morgan fingerprint density at radius 1 is 1.23 bits per heavy atom. The molecule has 0 fully saturated rings. The Kier molecular flexibility index (Phi) is 6.60. The van der Waals surface area contributed by atoms with E-state index in [0.717, 1.165) is 0 Å². The molecule has 1 unspecified atom stereocenters. The average molecular weight is 359 g/mol. The Labute approximate surface area is 150 Å². The standard InChI is InChI=1S/C17H21N5O4/c1-25-15-7-11(3-5-13(15)23)9-19-21-17(18)22-20-10-12-4-6-14(24)16(8-12)26-2/h3-7,9-10,12,23-24H,8H2,1-2H3,(H3,18,21,22)/b19-9+,20-10+. The summed E-state index contributed by atoms with van der Waals surface area (Å²) in [5.74, 6) is 0.814. The molecular weight excluding hydrogens is 338 g/mol. The van der Waals surface area contributed by atoms with Gasteiger partial charge in [0.25, 0.3) is 0 Å². The Morgan fingerprint density at radius 3 is 2.73 bits per heavy atom. The van der Waals surface area contributed by atoms with E-state index >= 15 is 0 Å². The van der Waals surface area contributed by atoms with E-state index in [2.05, 4.69) is 21.1 Å². The number of allylic oxidation sites excluding steroid dienone is 3. The fourth-order valence-corrected chi connectivity index (χ4v) is 2.15. The second-order valence-electron chi connectivity index (χ2n) is 5.31. The first-order chi connectivity index (χ1) is 12.5. The number of hydrazone groups is 2. The van der Waals surface area contributed by atoms with Crippen LogP contribution in [0.15, 0.2) is 52.1 Å². The monoisotopic (exact) mass is 359 g/mol. The van der Waals surface area contributed by atoms with Crippen LogP contribution in [-0.2, 0) is 4.74 Å². The van der Waals surface area contributed by atoms with E-state index in [0.29, 0.717) is 23.5 Å². The number of methoxy groups -OCH3 is 2. The third-order valence-corrected chi connectivity index (χ3v) is 3.49. The number of hydrogen-bond acceptors (Lipinski definition) is 7. The number of benzene rings is 1. The molecule has 1 aliphatic carbocycles. The molecule has 1 aromatic carbocycles. The highest BCUT2D eigenvalue weighted by Gasteiger charge is 2.15. The zero-order valence-electron chi connectivity index (χ0n) is 14.4. The summed E-state index contributed by atoms with van der Waals surface area (Å²) in [5.41, 5.74) is 5.67. The van der Waals surface area contributed by atoms with Gasteiger partial charge in [-0.1, -0.05) is 6.08 Å². The minimum atomic E-state index is -0.117. The summed E-state index contributed by atoms with van der Waals surface area (Å²) in [5, 5.41) is 34.6. The summed E-state index contributed by atoms with van der Waals surface area (Å²) >= 11 is 0. The van der Waals surface area contributed by atoms with Gasteiger partial charge in [0.2, 0.25) is 5.96 Å². The van der Waals surface area contributed by atoms with Crippen LogP contribution in [0.4, 0.5) is 0 Å². The van der Waals surface area contributed by atoms with Crippen LogP contribution < -0.4 is 15.6 Å². The lowest BCUT2D eigenvalue weighted by atomic mass is 10.00. The maximum absolute atomic E-state index is 9.57.